The van der Waals surface area contributed by atoms with Crippen LogP contribution in [0.25, 0.3) is 0 Å². The van der Waals surface area contributed by atoms with Gasteiger partial charge in [0.1, 0.15) is 0 Å². The van der Waals surface area contributed by atoms with Gasteiger partial charge in [0.15, 0.2) is 16.4 Å². The van der Waals surface area contributed by atoms with Crippen LogP contribution in [0.5, 0.6) is 0 Å². The molecule has 4 aromatic rings. The van der Waals surface area contributed by atoms with Gasteiger partial charge in [-0.05, 0) is 86.8 Å². The van der Waals surface area contributed by atoms with Gasteiger partial charge in [0.05, 0.1) is 22.1 Å². The SMILES string of the molecule is CC1CCN([C@H]2CCN(c3ccc(S(=O)(=O)Nc4nccs4)cc3)C2=O)CC1.CS(=O)(=O)O[C@@H]1CCN(c2ccc(S(=O)(=O)Nc3nccs3)cc2)C1=O. The van der Waals surface area contributed by atoms with Gasteiger partial charge < -0.3 is 9.80 Å². The highest BCUT2D eigenvalue weighted by Gasteiger charge is 2.38. The molecule has 3 fully saturated rings. The number of aromatic nitrogens is 2. The lowest BCUT2D eigenvalue weighted by molar-refractivity contribution is -0.123. The first-order chi connectivity index (χ1) is 25.6. The Kier molecular flexibility index (Phi) is 12.1. The monoisotopic (exact) mass is 837 g/mol. The summed E-state index contributed by atoms with van der Waals surface area (Å²) in [6.45, 7) is 5.16. The molecular weight excluding hydrogens is 799 g/mol. The minimum Gasteiger partial charge on any atom is -0.311 e. The lowest BCUT2D eigenvalue weighted by atomic mass is 9.97. The van der Waals surface area contributed by atoms with E-state index in [4.69, 9.17) is 4.18 Å². The van der Waals surface area contributed by atoms with E-state index >= 15 is 0 Å². The number of sulfonamides is 2. The second kappa shape index (κ2) is 16.4. The molecule has 5 heterocycles. The number of amides is 2. The van der Waals surface area contributed by atoms with E-state index in [2.05, 4.69) is 31.2 Å². The molecule has 3 aliphatic heterocycles. The molecule has 2 atom stereocenters. The maximum atomic E-state index is 12.9. The van der Waals surface area contributed by atoms with Crippen LogP contribution in [0.3, 0.4) is 0 Å². The Morgan fingerprint density at radius 3 is 1.57 bits per heavy atom. The molecule has 21 heteroatoms. The minimum atomic E-state index is -3.78. The number of nitrogens with zero attached hydrogens (tertiary/aromatic N) is 5. The number of benzene rings is 2. The fourth-order valence-electron chi connectivity index (χ4n) is 6.32. The summed E-state index contributed by atoms with van der Waals surface area (Å²) in [6, 6.07) is 12.1. The van der Waals surface area contributed by atoms with Crippen LogP contribution in [0.2, 0.25) is 0 Å². The Bertz CT molecular complexity index is 2250. The second-order valence-corrected chi connectivity index (χ2v) is 19.7. The standard InChI is InChI=1S/C19H24N4O3S2.C14H15N3O6S3/c1-14-6-10-22(11-7-14)17-8-12-23(18(17)24)15-2-4-16(5-3-15)28(25,26)21-19-20-9-13-27-19;1-25(19,20)23-12-6-8-17(13(12)18)10-2-4-11(5-3-10)26(21,22)16-14-15-7-9-24-14/h2-5,9,13-14,17H,6-8,10-12H2,1H3,(H,20,21);2-5,7,9,12H,6,8H2,1H3,(H,15,16)/t17-;12-/m01/s1. The molecule has 0 aliphatic carbocycles. The van der Waals surface area contributed by atoms with E-state index in [1.165, 1.54) is 58.8 Å². The van der Waals surface area contributed by atoms with E-state index in [1.807, 2.05) is 0 Å². The molecule has 3 saturated heterocycles. The van der Waals surface area contributed by atoms with Crippen LogP contribution in [-0.2, 0) is 43.9 Å². The molecule has 3 aliphatic rings. The fourth-order valence-corrected chi connectivity index (χ4v) is 10.5. The Morgan fingerprint density at radius 2 is 1.13 bits per heavy atom. The van der Waals surface area contributed by atoms with Crippen LogP contribution in [-0.4, -0.2) is 96.5 Å². The fraction of sp³-hybridized carbons (Fsp3) is 0.394. The summed E-state index contributed by atoms with van der Waals surface area (Å²) in [7, 11) is -11.2. The number of anilines is 4. The third kappa shape index (κ3) is 9.62. The van der Waals surface area contributed by atoms with Crippen molar-refractivity contribution < 1.29 is 39.0 Å². The highest BCUT2D eigenvalue weighted by atomic mass is 32.2. The van der Waals surface area contributed by atoms with Crippen molar-refractivity contribution in [3.05, 3.63) is 71.7 Å². The molecule has 0 bridgehead atoms. The molecule has 16 nitrogen and oxygen atoms in total. The Hall–Kier alpha value is -3.99. The average molecular weight is 838 g/mol. The number of carbonyl (C=O) groups is 2. The van der Waals surface area contributed by atoms with Crippen molar-refractivity contribution in [2.24, 2.45) is 5.92 Å². The van der Waals surface area contributed by atoms with Gasteiger partial charge in [-0.3, -0.25) is 28.1 Å². The maximum Gasteiger partial charge on any atom is 0.265 e. The number of hydrogen-bond donors (Lipinski definition) is 2. The summed E-state index contributed by atoms with van der Waals surface area (Å²) in [5.41, 5.74) is 1.20. The van der Waals surface area contributed by atoms with E-state index in [0.29, 0.717) is 17.4 Å². The third-order valence-corrected chi connectivity index (χ3v) is 14.0. The van der Waals surface area contributed by atoms with Gasteiger partial charge in [0.25, 0.3) is 36.1 Å². The lowest BCUT2D eigenvalue weighted by Crippen LogP contribution is -2.45. The van der Waals surface area contributed by atoms with Crippen LogP contribution in [0.15, 0.2) is 81.5 Å². The normalized spacial score (nSPS) is 20.2. The van der Waals surface area contributed by atoms with E-state index in [9.17, 15) is 34.8 Å². The zero-order chi connectivity index (χ0) is 38.7. The molecule has 0 unspecified atom stereocenters. The van der Waals surface area contributed by atoms with Crippen LogP contribution >= 0.6 is 22.7 Å². The van der Waals surface area contributed by atoms with Gasteiger partial charge in [0, 0.05) is 54.0 Å². The molecule has 2 aromatic carbocycles. The number of piperidine rings is 1. The average Bonchev–Trinajstić information content (AvgIpc) is 3.96. The topological polar surface area (TPSA) is 205 Å². The maximum absolute atomic E-state index is 12.9. The van der Waals surface area contributed by atoms with Crippen molar-refractivity contribution in [2.75, 3.05) is 51.7 Å². The molecule has 2 N–H and O–H groups in total. The lowest BCUT2D eigenvalue weighted by Gasteiger charge is -2.33. The Labute approximate surface area is 322 Å². The summed E-state index contributed by atoms with van der Waals surface area (Å²) >= 11 is 2.38. The van der Waals surface area contributed by atoms with E-state index in [1.54, 1.807) is 34.0 Å². The zero-order valence-electron chi connectivity index (χ0n) is 29.3. The van der Waals surface area contributed by atoms with Crippen LogP contribution in [0.1, 0.15) is 32.6 Å². The van der Waals surface area contributed by atoms with Gasteiger partial charge in [0.2, 0.25) is 5.91 Å². The number of thiazole rings is 2. The number of carbonyl (C=O) groups excluding carboxylic acids is 2. The zero-order valence-corrected chi connectivity index (χ0v) is 33.4. The predicted octanol–water partition coefficient (Wildman–Crippen LogP) is 3.81. The first-order valence-electron chi connectivity index (χ1n) is 16.9. The van der Waals surface area contributed by atoms with Crippen molar-refractivity contribution in [3.8, 4) is 0 Å². The molecule has 2 aromatic heterocycles. The summed E-state index contributed by atoms with van der Waals surface area (Å²) in [5.74, 6) is 0.370. The van der Waals surface area contributed by atoms with Gasteiger partial charge in [-0.15, -0.1) is 22.7 Å². The first kappa shape index (κ1) is 39.7. The van der Waals surface area contributed by atoms with Crippen molar-refractivity contribution >= 4 is 86.3 Å². The molecule has 2 amide bonds. The smallest absolute Gasteiger partial charge is 0.265 e. The summed E-state index contributed by atoms with van der Waals surface area (Å²) < 4.78 is 81.5. The number of rotatable bonds is 11. The van der Waals surface area contributed by atoms with Crippen LogP contribution in [0.4, 0.5) is 21.6 Å². The van der Waals surface area contributed by atoms with Gasteiger partial charge in [-0.25, -0.2) is 26.8 Å². The first-order valence-corrected chi connectivity index (χ1v) is 23.4. The molecule has 0 radical (unpaired) electrons. The Morgan fingerprint density at radius 1 is 0.667 bits per heavy atom. The molecule has 0 spiro atoms. The summed E-state index contributed by atoms with van der Waals surface area (Å²) in [4.78, 5) is 38.6. The van der Waals surface area contributed by atoms with Crippen molar-refractivity contribution in [1.82, 2.24) is 14.9 Å². The van der Waals surface area contributed by atoms with Crippen molar-refractivity contribution in [1.29, 1.82) is 0 Å². The predicted molar refractivity (Wildman–Crippen MR) is 206 cm³/mol. The quantitative estimate of drug-likeness (QED) is 0.207. The molecule has 0 saturated carbocycles. The molecule has 290 valence electrons. The second-order valence-electron chi connectivity index (χ2n) is 13.0. The van der Waals surface area contributed by atoms with Crippen LogP contribution < -0.4 is 19.2 Å². The highest BCUT2D eigenvalue weighted by Crippen LogP contribution is 2.30. The van der Waals surface area contributed by atoms with Crippen LogP contribution in [0, 0.1) is 5.92 Å². The molecule has 54 heavy (non-hydrogen) atoms. The minimum absolute atomic E-state index is 0.0204. The number of likely N-dealkylation sites (tertiary alicyclic amines) is 1. The number of nitrogens with one attached hydrogen (secondary N) is 2. The number of hydrogen-bond acceptors (Lipinski definition) is 14. The molecular formula is C33H39N7O9S5. The van der Waals surface area contributed by atoms with Crippen molar-refractivity contribution in [2.45, 2.75) is 54.5 Å². The molecule has 7 rings (SSSR count). The third-order valence-electron chi connectivity index (χ3n) is 9.11. The van der Waals surface area contributed by atoms with E-state index in [0.717, 1.165) is 61.5 Å². The van der Waals surface area contributed by atoms with E-state index in [-0.39, 0.29) is 39.8 Å². The van der Waals surface area contributed by atoms with Crippen molar-refractivity contribution in [3.63, 3.8) is 0 Å². The van der Waals surface area contributed by atoms with E-state index < -0.39 is 42.2 Å². The highest BCUT2D eigenvalue weighted by molar-refractivity contribution is 7.93. The largest absolute Gasteiger partial charge is 0.311 e. The van der Waals surface area contributed by atoms with Gasteiger partial charge in [-0.1, -0.05) is 6.92 Å². The van der Waals surface area contributed by atoms with Gasteiger partial charge in [-0.2, -0.15) is 8.42 Å². The van der Waals surface area contributed by atoms with Gasteiger partial charge >= 0.3 is 0 Å². The summed E-state index contributed by atoms with van der Waals surface area (Å²) in [5, 5.41) is 3.94. The Balaban J connectivity index is 0.000000185. The summed E-state index contributed by atoms with van der Waals surface area (Å²) in [6.07, 6.45) is 6.20.